The lowest BCUT2D eigenvalue weighted by Crippen LogP contribution is -2.40. The molecule has 0 bridgehead atoms. The molecule has 0 aromatic carbocycles. The van der Waals surface area contributed by atoms with Crippen molar-refractivity contribution in [3.05, 3.63) is 17.0 Å². The molecule has 1 fully saturated rings. The van der Waals surface area contributed by atoms with Crippen LogP contribution in [0.3, 0.4) is 0 Å². The number of halogens is 3. The quantitative estimate of drug-likeness (QED) is 0.912. The number of hydrogen-bond acceptors (Lipinski definition) is 3. The summed E-state index contributed by atoms with van der Waals surface area (Å²) in [6, 6.07) is -0.141. The molecule has 1 aromatic heterocycles. The van der Waals surface area contributed by atoms with Gasteiger partial charge in [-0.2, -0.15) is 13.2 Å². The van der Waals surface area contributed by atoms with E-state index in [2.05, 4.69) is 10.5 Å². The number of aromatic nitrogens is 1. The summed E-state index contributed by atoms with van der Waals surface area (Å²) >= 11 is 0. The van der Waals surface area contributed by atoms with Crippen molar-refractivity contribution < 1.29 is 17.7 Å². The second kappa shape index (κ2) is 5.76. The van der Waals surface area contributed by atoms with Crippen LogP contribution >= 0.6 is 0 Å². The molecule has 1 heterocycles. The highest BCUT2D eigenvalue weighted by molar-refractivity contribution is 5.24. The molecule has 2 rings (SSSR count). The number of hydrogen-bond donors (Lipinski definition) is 1. The van der Waals surface area contributed by atoms with E-state index in [0.717, 1.165) is 23.4 Å². The highest BCUT2D eigenvalue weighted by Gasteiger charge is 2.42. The monoisotopic (exact) mass is 290 g/mol. The normalized spacial score (nSPS) is 25.7. The fourth-order valence-electron chi connectivity index (χ4n) is 3.18. The van der Waals surface area contributed by atoms with Crippen LogP contribution in [0.15, 0.2) is 4.52 Å². The van der Waals surface area contributed by atoms with Crippen molar-refractivity contribution in [2.45, 2.75) is 64.7 Å². The summed E-state index contributed by atoms with van der Waals surface area (Å²) in [4.78, 5) is 0. The van der Waals surface area contributed by atoms with Crippen LogP contribution in [0, 0.1) is 19.8 Å². The number of nitrogens with one attached hydrogen (secondary N) is 1. The topological polar surface area (TPSA) is 38.1 Å². The molecule has 6 heteroatoms. The second-order valence-corrected chi connectivity index (χ2v) is 5.73. The van der Waals surface area contributed by atoms with Crippen molar-refractivity contribution >= 4 is 0 Å². The molecule has 114 valence electrons. The Bertz CT molecular complexity index is 436. The number of aryl methyl sites for hydroxylation is 2. The van der Waals surface area contributed by atoms with Gasteiger partial charge in [0.15, 0.2) is 0 Å². The van der Waals surface area contributed by atoms with Gasteiger partial charge in [-0.25, -0.2) is 0 Å². The first-order valence-electron chi connectivity index (χ1n) is 7.04. The van der Waals surface area contributed by atoms with Crippen molar-refractivity contribution in [1.29, 1.82) is 0 Å². The Morgan fingerprint density at radius 2 is 2.00 bits per heavy atom. The molecule has 3 unspecified atom stereocenters. The fraction of sp³-hybridized carbons (Fsp3) is 0.786. The zero-order valence-electron chi connectivity index (χ0n) is 12.0. The molecular formula is C14H21F3N2O. The minimum Gasteiger partial charge on any atom is -0.361 e. The zero-order valence-corrected chi connectivity index (χ0v) is 12.0. The Morgan fingerprint density at radius 3 is 2.55 bits per heavy atom. The third kappa shape index (κ3) is 3.34. The Morgan fingerprint density at radius 1 is 1.30 bits per heavy atom. The Balaban J connectivity index is 1.99. The van der Waals surface area contributed by atoms with Gasteiger partial charge in [-0.05, 0) is 40.0 Å². The third-order valence-electron chi connectivity index (χ3n) is 4.14. The van der Waals surface area contributed by atoms with Crippen LogP contribution in [-0.2, 0) is 0 Å². The van der Waals surface area contributed by atoms with E-state index in [1.54, 1.807) is 0 Å². The van der Waals surface area contributed by atoms with Gasteiger partial charge in [0.1, 0.15) is 5.76 Å². The highest BCUT2D eigenvalue weighted by Crippen LogP contribution is 2.38. The second-order valence-electron chi connectivity index (χ2n) is 5.73. The van der Waals surface area contributed by atoms with Gasteiger partial charge in [-0.15, -0.1) is 0 Å². The van der Waals surface area contributed by atoms with Crippen LogP contribution in [0.25, 0.3) is 0 Å². The number of alkyl halides is 3. The molecule has 0 saturated heterocycles. The van der Waals surface area contributed by atoms with Crippen LogP contribution in [0.4, 0.5) is 13.2 Å². The predicted octanol–water partition coefficient (Wildman–Crippen LogP) is 4.06. The Kier molecular flexibility index (Phi) is 4.42. The first kappa shape index (κ1) is 15.4. The average molecular weight is 290 g/mol. The predicted molar refractivity (Wildman–Crippen MR) is 69.3 cm³/mol. The summed E-state index contributed by atoms with van der Waals surface area (Å²) in [6.45, 7) is 5.63. The van der Waals surface area contributed by atoms with Gasteiger partial charge in [0.2, 0.25) is 0 Å². The molecule has 0 amide bonds. The molecule has 1 aliphatic carbocycles. The van der Waals surface area contributed by atoms with Crippen LogP contribution in [0.5, 0.6) is 0 Å². The van der Waals surface area contributed by atoms with E-state index < -0.39 is 12.1 Å². The molecule has 1 N–H and O–H groups in total. The lowest BCUT2D eigenvalue weighted by Gasteiger charge is -2.33. The third-order valence-corrected chi connectivity index (χ3v) is 4.14. The van der Waals surface area contributed by atoms with Gasteiger partial charge in [0.05, 0.1) is 11.6 Å². The lowest BCUT2D eigenvalue weighted by molar-refractivity contribution is -0.183. The largest absolute Gasteiger partial charge is 0.391 e. The lowest BCUT2D eigenvalue weighted by atomic mass is 9.84. The summed E-state index contributed by atoms with van der Waals surface area (Å²) in [5.74, 6) is -0.448. The summed E-state index contributed by atoms with van der Waals surface area (Å²) in [6.07, 6.45) is -2.25. The van der Waals surface area contributed by atoms with Crippen LogP contribution < -0.4 is 5.32 Å². The SMILES string of the molecule is Cc1noc(C)c1C(C)NC1CCCC(C(F)(F)F)C1. The first-order chi connectivity index (χ1) is 9.29. The minimum absolute atomic E-state index is 0.0433. The van der Waals surface area contributed by atoms with E-state index in [0.29, 0.717) is 6.42 Å². The number of nitrogens with zero attached hydrogens (tertiary/aromatic N) is 1. The van der Waals surface area contributed by atoms with Crippen molar-refractivity contribution in [1.82, 2.24) is 10.5 Å². The molecule has 0 spiro atoms. The fourth-order valence-corrected chi connectivity index (χ4v) is 3.18. The maximum atomic E-state index is 12.8. The summed E-state index contributed by atoms with van der Waals surface area (Å²) in [5.41, 5.74) is 1.75. The first-order valence-corrected chi connectivity index (χ1v) is 7.04. The molecule has 1 aromatic rings. The Labute approximate surface area is 116 Å². The average Bonchev–Trinajstić information content (AvgIpc) is 2.68. The van der Waals surface area contributed by atoms with E-state index >= 15 is 0 Å². The van der Waals surface area contributed by atoms with Gasteiger partial charge in [0.25, 0.3) is 0 Å². The van der Waals surface area contributed by atoms with Gasteiger partial charge >= 0.3 is 6.18 Å². The molecule has 0 aliphatic heterocycles. The molecule has 0 radical (unpaired) electrons. The maximum absolute atomic E-state index is 12.8. The molecule has 3 atom stereocenters. The molecule has 3 nitrogen and oxygen atoms in total. The summed E-state index contributed by atoms with van der Waals surface area (Å²) < 4.78 is 43.5. The van der Waals surface area contributed by atoms with E-state index in [1.165, 1.54) is 0 Å². The molecule has 1 aliphatic rings. The smallest absolute Gasteiger partial charge is 0.361 e. The van der Waals surface area contributed by atoms with Gasteiger partial charge in [-0.3, -0.25) is 0 Å². The minimum atomic E-state index is -4.08. The Hall–Kier alpha value is -1.04. The van der Waals surface area contributed by atoms with E-state index in [1.807, 2.05) is 20.8 Å². The van der Waals surface area contributed by atoms with Crippen LogP contribution in [0.2, 0.25) is 0 Å². The van der Waals surface area contributed by atoms with Crippen LogP contribution in [-0.4, -0.2) is 17.4 Å². The molecular weight excluding hydrogens is 269 g/mol. The van der Waals surface area contributed by atoms with Crippen molar-refractivity contribution in [2.75, 3.05) is 0 Å². The standard InChI is InChI=1S/C14H21F3N2O/c1-8(13-9(2)19-20-10(13)3)18-12-6-4-5-11(7-12)14(15,16)17/h8,11-12,18H,4-7H2,1-3H3. The van der Waals surface area contributed by atoms with E-state index in [-0.39, 0.29) is 24.9 Å². The summed E-state index contributed by atoms with van der Waals surface area (Å²) in [7, 11) is 0. The van der Waals surface area contributed by atoms with Gasteiger partial charge < -0.3 is 9.84 Å². The summed E-state index contributed by atoms with van der Waals surface area (Å²) in [5, 5.41) is 7.19. The van der Waals surface area contributed by atoms with Crippen LogP contribution in [0.1, 0.15) is 55.7 Å². The van der Waals surface area contributed by atoms with Crippen molar-refractivity contribution in [3.8, 4) is 0 Å². The maximum Gasteiger partial charge on any atom is 0.391 e. The van der Waals surface area contributed by atoms with Gasteiger partial charge in [-0.1, -0.05) is 11.6 Å². The number of rotatable bonds is 3. The highest BCUT2D eigenvalue weighted by atomic mass is 19.4. The zero-order chi connectivity index (χ0) is 14.9. The van der Waals surface area contributed by atoms with E-state index in [4.69, 9.17) is 4.52 Å². The molecule has 1 saturated carbocycles. The molecule has 20 heavy (non-hydrogen) atoms. The van der Waals surface area contributed by atoms with Gasteiger partial charge in [0, 0.05) is 17.6 Å². The van der Waals surface area contributed by atoms with E-state index in [9.17, 15) is 13.2 Å². The van der Waals surface area contributed by atoms with Crippen molar-refractivity contribution in [3.63, 3.8) is 0 Å². The van der Waals surface area contributed by atoms with Crippen molar-refractivity contribution in [2.24, 2.45) is 5.92 Å².